The number of fused-ring (bicyclic) bond motifs is 1. The van der Waals surface area contributed by atoms with Gasteiger partial charge in [-0.25, -0.2) is 4.98 Å². The largest absolute Gasteiger partial charge is 0.383 e. The highest BCUT2D eigenvalue weighted by Crippen LogP contribution is 2.23. The van der Waals surface area contributed by atoms with E-state index in [1.165, 1.54) is 0 Å². The van der Waals surface area contributed by atoms with Crippen LogP contribution in [-0.4, -0.2) is 35.7 Å². The Hall–Kier alpha value is -2.18. The van der Waals surface area contributed by atoms with Crippen LogP contribution in [0.4, 0.5) is 0 Å². The van der Waals surface area contributed by atoms with E-state index in [9.17, 15) is 4.79 Å². The topological polar surface area (TPSA) is 56.1 Å². The summed E-state index contributed by atoms with van der Waals surface area (Å²) in [5, 5.41) is 2.82. The monoisotopic (exact) mass is 387 g/mol. The van der Waals surface area contributed by atoms with E-state index in [1.54, 1.807) is 7.11 Å². The van der Waals surface area contributed by atoms with Gasteiger partial charge in [0.1, 0.15) is 5.82 Å². The number of aryl methyl sites for hydroxylation is 1. The molecule has 0 aliphatic carbocycles. The summed E-state index contributed by atoms with van der Waals surface area (Å²) in [5.41, 5.74) is 3.41. The standard InChI is InChI=1S/C18H18BrN3O2/c1-12-21-16-11-13(18(23)20-9-10-24-2)3-8-17(16)22(12)15-6-4-14(19)5-7-15/h3-8,11H,9-10H2,1-2H3,(H,20,23). The molecule has 124 valence electrons. The second kappa shape index (κ2) is 7.15. The molecule has 0 radical (unpaired) electrons. The minimum absolute atomic E-state index is 0.121. The molecule has 2 aromatic carbocycles. The van der Waals surface area contributed by atoms with Gasteiger partial charge in [0.15, 0.2) is 0 Å². The molecule has 5 nitrogen and oxygen atoms in total. The van der Waals surface area contributed by atoms with Crippen LogP contribution in [-0.2, 0) is 4.74 Å². The molecule has 0 aliphatic rings. The van der Waals surface area contributed by atoms with Gasteiger partial charge < -0.3 is 10.1 Å². The van der Waals surface area contributed by atoms with Gasteiger partial charge in [-0.05, 0) is 49.4 Å². The second-order valence-electron chi connectivity index (χ2n) is 5.42. The zero-order valence-electron chi connectivity index (χ0n) is 13.5. The van der Waals surface area contributed by atoms with E-state index in [1.807, 2.05) is 49.4 Å². The number of halogens is 1. The Bertz CT molecular complexity index is 872. The number of rotatable bonds is 5. The van der Waals surface area contributed by atoms with Gasteiger partial charge in [0.05, 0.1) is 17.6 Å². The maximum atomic E-state index is 12.2. The van der Waals surface area contributed by atoms with Crippen molar-refractivity contribution in [1.82, 2.24) is 14.9 Å². The zero-order chi connectivity index (χ0) is 17.1. The fourth-order valence-electron chi connectivity index (χ4n) is 2.63. The number of nitrogens with zero attached hydrogens (tertiary/aromatic N) is 2. The van der Waals surface area contributed by atoms with Crippen LogP contribution in [0.3, 0.4) is 0 Å². The number of methoxy groups -OCH3 is 1. The first kappa shape index (κ1) is 16.7. The van der Waals surface area contributed by atoms with E-state index in [0.29, 0.717) is 18.7 Å². The van der Waals surface area contributed by atoms with Crippen LogP contribution in [0.25, 0.3) is 16.7 Å². The molecule has 1 N–H and O–H groups in total. The molecule has 24 heavy (non-hydrogen) atoms. The van der Waals surface area contributed by atoms with Gasteiger partial charge in [0.25, 0.3) is 5.91 Å². The molecule has 0 spiro atoms. The molecule has 0 unspecified atom stereocenters. The molecule has 3 rings (SSSR count). The first-order valence-corrected chi connectivity index (χ1v) is 8.41. The molecule has 1 heterocycles. The summed E-state index contributed by atoms with van der Waals surface area (Å²) < 4.78 is 8.05. The summed E-state index contributed by atoms with van der Waals surface area (Å²) in [5.74, 6) is 0.758. The third kappa shape index (κ3) is 3.34. The fraction of sp³-hybridized carbons (Fsp3) is 0.222. The molecule has 6 heteroatoms. The van der Waals surface area contributed by atoms with E-state index in [-0.39, 0.29) is 5.91 Å². The maximum Gasteiger partial charge on any atom is 0.251 e. The van der Waals surface area contributed by atoms with E-state index in [0.717, 1.165) is 27.0 Å². The Kier molecular flexibility index (Phi) is 4.97. The van der Waals surface area contributed by atoms with Crippen molar-refractivity contribution in [2.75, 3.05) is 20.3 Å². The van der Waals surface area contributed by atoms with Gasteiger partial charge >= 0.3 is 0 Å². The van der Waals surface area contributed by atoms with Crippen molar-refractivity contribution in [3.63, 3.8) is 0 Å². The van der Waals surface area contributed by atoms with Crippen LogP contribution in [0, 0.1) is 6.92 Å². The summed E-state index contributed by atoms with van der Waals surface area (Å²) in [6.07, 6.45) is 0. The normalized spacial score (nSPS) is 11.0. The van der Waals surface area contributed by atoms with Crippen LogP contribution in [0.2, 0.25) is 0 Å². The highest BCUT2D eigenvalue weighted by molar-refractivity contribution is 9.10. The summed E-state index contributed by atoms with van der Waals surface area (Å²) in [7, 11) is 1.61. The lowest BCUT2D eigenvalue weighted by Crippen LogP contribution is -2.26. The van der Waals surface area contributed by atoms with Crippen molar-refractivity contribution in [2.45, 2.75) is 6.92 Å². The first-order valence-electron chi connectivity index (χ1n) is 7.62. The smallest absolute Gasteiger partial charge is 0.251 e. The number of carbonyl (C=O) groups is 1. The third-order valence-electron chi connectivity index (χ3n) is 3.76. The summed E-state index contributed by atoms with van der Waals surface area (Å²) in [6.45, 7) is 2.94. The van der Waals surface area contributed by atoms with Gasteiger partial charge in [0.2, 0.25) is 0 Å². The van der Waals surface area contributed by atoms with E-state index >= 15 is 0 Å². The van der Waals surface area contributed by atoms with Crippen molar-refractivity contribution >= 4 is 32.9 Å². The molecular weight excluding hydrogens is 370 g/mol. The molecule has 0 fully saturated rings. The van der Waals surface area contributed by atoms with Crippen molar-refractivity contribution in [3.8, 4) is 5.69 Å². The first-order chi connectivity index (χ1) is 11.6. The molecule has 1 aromatic heterocycles. The van der Waals surface area contributed by atoms with Crippen LogP contribution in [0.1, 0.15) is 16.2 Å². The number of hydrogen-bond donors (Lipinski definition) is 1. The number of benzene rings is 2. The van der Waals surface area contributed by atoms with Gasteiger partial charge in [-0.3, -0.25) is 9.36 Å². The minimum Gasteiger partial charge on any atom is -0.383 e. The minimum atomic E-state index is -0.121. The molecule has 0 bridgehead atoms. The Morgan fingerprint density at radius 2 is 2.00 bits per heavy atom. The number of ether oxygens (including phenoxy) is 1. The number of amides is 1. The predicted octanol–water partition coefficient (Wildman–Crippen LogP) is 3.47. The van der Waals surface area contributed by atoms with Gasteiger partial charge in [-0.1, -0.05) is 15.9 Å². The second-order valence-corrected chi connectivity index (χ2v) is 6.34. The van der Waals surface area contributed by atoms with Gasteiger partial charge in [-0.2, -0.15) is 0 Å². The average Bonchev–Trinajstić information content (AvgIpc) is 2.90. The fourth-order valence-corrected chi connectivity index (χ4v) is 2.89. The maximum absolute atomic E-state index is 12.2. The number of nitrogens with one attached hydrogen (secondary N) is 1. The van der Waals surface area contributed by atoms with Crippen molar-refractivity contribution in [3.05, 3.63) is 58.3 Å². The predicted molar refractivity (Wildman–Crippen MR) is 97.7 cm³/mol. The lowest BCUT2D eigenvalue weighted by atomic mass is 10.2. The lowest BCUT2D eigenvalue weighted by molar-refractivity contribution is 0.0937. The zero-order valence-corrected chi connectivity index (χ0v) is 15.1. The molecule has 0 atom stereocenters. The molecular formula is C18H18BrN3O2. The Balaban J connectivity index is 1.95. The van der Waals surface area contributed by atoms with Crippen LogP contribution >= 0.6 is 15.9 Å². The van der Waals surface area contributed by atoms with E-state index in [2.05, 4.69) is 30.8 Å². The number of aromatic nitrogens is 2. The van der Waals surface area contributed by atoms with Crippen molar-refractivity contribution < 1.29 is 9.53 Å². The summed E-state index contributed by atoms with van der Waals surface area (Å²) in [4.78, 5) is 16.8. The van der Waals surface area contributed by atoms with Gasteiger partial charge in [-0.15, -0.1) is 0 Å². The molecule has 0 saturated heterocycles. The number of hydrogen-bond acceptors (Lipinski definition) is 3. The van der Waals surface area contributed by atoms with Crippen LogP contribution in [0.15, 0.2) is 46.9 Å². The average molecular weight is 388 g/mol. The third-order valence-corrected chi connectivity index (χ3v) is 4.29. The number of imidazole rings is 1. The quantitative estimate of drug-likeness (QED) is 0.681. The highest BCUT2D eigenvalue weighted by Gasteiger charge is 2.12. The molecule has 0 saturated carbocycles. The SMILES string of the molecule is COCCNC(=O)c1ccc2c(c1)nc(C)n2-c1ccc(Br)cc1. The highest BCUT2D eigenvalue weighted by atomic mass is 79.9. The van der Waals surface area contributed by atoms with Crippen molar-refractivity contribution in [1.29, 1.82) is 0 Å². The number of carbonyl (C=O) groups excluding carboxylic acids is 1. The molecule has 1 amide bonds. The van der Waals surface area contributed by atoms with Crippen molar-refractivity contribution in [2.24, 2.45) is 0 Å². The lowest BCUT2D eigenvalue weighted by Gasteiger charge is -2.08. The summed E-state index contributed by atoms with van der Waals surface area (Å²) in [6, 6.07) is 13.6. The molecule has 3 aromatic rings. The van der Waals surface area contributed by atoms with Crippen LogP contribution in [0.5, 0.6) is 0 Å². The Labute approximate surface area is 148 Å². The van der Waals surface area contributed by atoms with E-state index < -0.39 is 0 Å². The van der Waals surface area contributed by atoms with E-state index in [4.69, 9.17) is 4.74 Å². The Morgan fingerprint density at radius 1 is 1.25 bits per heavy atom. The Morgan fingerprint density at radius 3 is 2.71 bits per heavy atom. The molecule has 0 aliphatic heterocycles. The summed E-state index contributed by atoms with van der Waals surface area (Å²) >= 11 is 3.45. The van der Waals surface area contributed by atoms with Crippen LogP contribution < -0.4 is 5.32 Å². The van der Waals surface area contributed by atoms with Gasteiger partial charge in [0, 0.05) is 29.4 Å².